The molecule has 1 unspecified atom stereocenters. The molecule has 1 aliphatic heterocycles. The highest BCUT2D eigenvalue weighted by atomic mass is 35.5. The molecular weight excluding hydrogens is 263 g/mol. The van der Waals surface area contributed by atoms with Crippen LogP contribution in [0, 0.1) is 0 Å². The fraction of sp³-hybridized carbons (Fsp3) is 0.273. The fourth-order valence-electron chi connectivity index (χ4n) is 1.61. The van der Waals surface area contributed by atoms with Crippen LogP contribution in [0.2, 0.25) is 5.02 Å². The highest BCUT2D eigenvalue weighted by molar-refractivity contribution is 6.39. The molecule has 1 aromatic carbocycles. The first-order valence-corrected chi connectivity index (χ1v) is 5.76. The van der Waals surface area contributed by atoms with Crippen LogP contribution in [0.4, 0.5) is 0 Å². The van der Waals surface area contributed by atoms with E-state index in [0.717, 1.165) is 0 Å². The lowest BCUT2D eigenvalue weighted by Crippen LogP contribution is -2.37. The van der Waals surface area contributed by atoms with E-state index in [9.17, 15) is 4.79 Å². The smallest absolute Gasteiger partial charge is 0.356 e. The Balaban J connectivity index is 2.60. The number of carbonyl (C=O) groups excluding carboxylic acids is 1. The molecule has 0 bridgehead atoms. The van der Waals surface area contributed by atoms with Gasteiger partial charge in [-0.25, -0.2) is 9.79 Å². The van der Waals surface area contributed by atoms with Gasteiger partial charge in [-0.3, -0.25) is 0 Å². The molecule has 6 heteroatoms. The molecule has 2 rings (SSSR count). The van der Waals surface area contributed by atoms with Gasteiger partial charge in [-0.15, -0.1) is 0 Å². The van der Waals surface area contributed by atoms with Gasteiger partial charge < -0.3 is 10.5 Å². The van der Waals surface area contributed by atoms with Gasteiger partial charge in [0.15, 0.2) is 0 Å². The van der Waals surface area contributed by atoms with E-state index in [-0.39, 0.29) is 12.3 Å². The average Bonchev–Trinajstić information content (AvgIpc) is 2.52. The zero-order valence-electron chi connectivity index (χ0n) is 9.04. The molecular formula is C11H10Cl2N2O2. The number of esters is 1. The Morgan fingerprint density at radius 2 is 2.29 bits per heavy atom. The SMILES string of the molecule is CCOC(=O)C1(Cl)N=c2cc(Cl)ccc2=C1N. The Bertz CT molecular complexity index is 600. The summed E-state index contributed by atoms with van der Waals surface area (Å²) in [4.78, 5) is 14.2. The molecule has 0 saturated heterocycles. The Hall–Kier alpha value is -1.26. The molecule has 1 atom stereocenters. The second kappa shape index (κ2) is 4.20. The molecule has 4 nitrogen and oxygen atoms in total. The zero-order valence-corrected chi connectivity index (χ0v) is 10.5. The van der Waals surface area contributed by atoms with E-state index in [1.165, 1.54) is 0 Å². The number of hydrogen-bond donors (Lipinski definition) is 1. The number of benzene rings is 1. The summed E-state index contributed by atoms with van der Waals surface area (Å²) < 4.78 is 4.86. The van der Waals surface area contributed by atoms with Crippen molar-refractivity contribution < 1.29 is 9.53 Å². The van der Waals surface area contributed by atoms with Crippen molar-refractivity contribution in [2.45, 2.75) is 11.9 Å². The van der Waals surface area contributed by atoms with Gasteiger partial charge in [0.2, 0.25) is 0 Å². The number of rotatable bonds is 2. The Kier molecular flexibility index (Phi) is 3.02. The molecule has 0 saturated carbocycles. The molecule has 0 fully saturated rings. The largest absolute Gasteiger partial charge is 0.463 e. The quantitative estimate of drug-likeness (QED) is 0.486. The third-order valence-electron chi connectivity index (χ3n) is 2.43. The number of carbonyl (C=O) groups is 1. The minimum atomic E-state index is -1.66. The number of ether oxygens (including phenoxy) is 1. The summed E-state index contributed by atoms with van der Waals surface area (Å²) in [5.41, 5.74) is 6.02. The highest BCUT2D eigenvalue weighted by Gasteiger charge is 2.43. The second-order valence-electron chi connectivity index (χ2n) is 3.53. The van der Waals surface area contributed by atoms with Crippen molar-refractivity contribution in [3.63, 3.8) is 0 Å². The summed E-state index contributed by atoms with van der Waals surface area (Å²) in [6.07, 6.45) is 0. The Morgan fingerprint density at radius 3 is 2.94 bits per heavy atom. The van der Waals surface area contributed by atoms with Gasteiger partial charge in [-0.2, -0.15) is 0 Å². The van der Waals surface area contributed by atoms with Gasteiger partial charge in [0.25, 0.3) is 5.00 Å². The van der Waals surface area contributed by atoms with Gasteiger partial charge in [0, 0.05) is 10.2 Å². The standard InChI is InChI=1S/C11H10Cl2N2O2/c1-2-17-10(16)11(13)9(14)7-4-3-6(12)5-8(7)15-11/h3-5H,2,14H2,1H3. The molecule has 0 spiro atoms. The first-order chi connectivity index (χ1) is 7.99. The van der Waals surface area contributed by atoms with Crippen molar-refractivity contribution in [1.29, 1.82) is 0 Å². The number of halogens is 2. The van der Waals surface area contributed by atoms with E-state index in [0.29, 0.717) is 15.6 Å². The molecule has 1 heterocycles. The number of hydrogen-bond acceptors (Lipinski definition) is 4. The third-order valence-corrected chi connectivity index (χ3v) is 3.10. The Morgan fingerprint density at radius 1 is 1.59 bits per heavy atom. The van der Waals surface area contributed by atoms with Crippen LogP contribution in [0.25, 0.3) is 5.70 Å². The summed E-state index contributed by atoms with van der Waals surface area (Å²) in [5.74, 6) is -0.675. The van der Waals surface area contributed by atoms with Crippen LogP contribution in [-0.4, -0.2) is 17.6 Å². The van der Waals surface area contributed by atoms with Crippen molar-refractivity contribution in [2.75, 3.05) is 6.61 Å². The van der Waals surface area contributed by atoms with Crippen LogP contribution in [0.5, 0.6) is 0 Å². The van der Waals surface area contributed by atoms with E-state index in [2.05, 4.69) is 4.99 Å². The van der Waals surface area contributed by atoms with Gasteiger partial charge in [0.1, 0.15) is 0 Å². The van der Waals surface area contributed by atoms with Crippen LogP contribution in [0.15, 0.2) is 23.2 Å². The van der Waals surface area contributed by atoms with E-state index in [1.807, 2.05) is 0 Å². The normalized spacial score (nSPS) is 21.9. The average molecular weight is 273 g/mol. The number of fused-ring (bicyclic) bond motifs is 1. The summed E-state index contributed by atoms with van der Waals surface area (Å²) >= 11 is 12.0. The topological polar surface area (TPSA) is 64.7 Å². The molecule has 2 N–H and O–H groups in total. The Labute approximate surface area is 108 Å². The van der Waals surface area contributed by atoms with Gasteiger partial charge in [-0.1, -0.05) is 23.2 Å². The van der Waals surface area contributed by atoms with E-state index >= 15 is 0 Å². The first kappa shape index (κ1) is 12.2. The monoisotopic (exact) mass is 272 g/mol. The highest BCUT2D eigenvalue weighted by Crippen LogP contribution is 2.27. The lowest BCUT2D eigenvalue weighted by Gasteiger charge is -2.17. The molecule has 0 amide bonds. The van der Waals surface area contributed by atoms with E-state index in [4.69, 9.17) is 33.7 Å². The van der Waals surface area contributed by atoms with Crippen LogP contribution in [-0.2, 0) is 9.53 Å². The van der Waals surface area contributed by atoms with Gasteiger partial charge in [-0.05, 0) is 25.1 Å². The van der Waals surface area contributed by atoms with Crippen molar-refractivity contribution >= 4 is 34.9 Å². The van der Waals surface area contributed by atoms with Crippen LogP contribution >= 0.6 is 23.2 Å². The maximum absolute atomic E-state index is 11.7. The fourth-order valence-corrected chi connectivity index (χ4v) is 2.03. The molecule has 1 aromatic rings. The summed E-state index contributed by atoms with van der Waals surface area (Å²) in [6.45, 7) is 1.90. The molecule has 17 heavy (non-hydrogen) atoms. The predicted molar refractivity (Wildman–Crippen MR) is 65.0 cm³/mol. The lowest BCUT2D eigenvalue weighted by molar-refractivity contribution is -0.144. The molecule has 0 aromatic heterocycles. The predicted octanol–water partition coefficient (Wildman–Crippen LogP) is 0.538. The number of nitrogens with two attached hydrogens (primary N) is 1. The van der Waals surface area contributed by atoms with Crippen molar-refractivity contribution in [1.82, 2.24) is 0 Å². The van der Waals surface area contributed by atoms with Crippen molar-refractivity contribution in [3.05, 3.63) is 33.8 Å². The number of alkyl halides is 1. The van der Waals surface area contributed by atoms with E-state index in [1.54, 1.807) is 25.1 Å². The van der Waals surface area contributed by atoms with Crippen molar-refractivity contribution in [3.8, 4) is 0 Å². The van der Waals surface area contributed by atoms with Crippen LogP contribution < -0.4 is 16.3 Å². The maximum atomic E-state index is 11.7. The zero-order chi connectivity index (χ0) is 12.6. The molecule has 0 radical (unpaired) electrons. The minimum Gasteiger partial charge on any atom is -0.463 e. The summed E-state index contributed by atoms with van der Waals surface area (Å²) in [6, 6.07) is 4.95. The van der Waals surface area contributed by atoms with E-state index < -0.39 is 11.0 Å². The minimum absolute atomic E-state index is 0.171. The number of nitrogens with zero attached hydrogens (tertiary/aromatic N) is 1. The first-order valence-electron chi connectivity index (χ1n) is 5.01. The van der Waals surface area contributed by atoms with Gasteiger partial charge in [0.05, 0.1) is 17.7 Å². The molecule has 1 aliphatic rings. The molecule has 90 valence electrons. The third kappa shape index (κ3) is 1.87. The summed E-state index contributed by atoms with van der Waals surface area (Å²) in [5, 5.41) is 1.61. The van der Waals surface area contributed by atoms with Crippen LogP contribution in [0.3, 0.4) is 0 Å². The second-order valence-corrected chi connectivity index (χ2v) is 4.51. The maximum Gasteiger partial charge on any atom is 0.356 e. The van der Waals surface area contributed by atoms with Crippen LogP contribution in [0.1, 0.15) is 6.92 Å². The summed E-state index contributed by atoms with van der Waals surface area (Å²) in [7, 11) is 0. The lowest BCUT2D eigenvalue weighted by atomic mass is 10.2. The molecule has 0 aliphatic carbocycles. The van der Waals surface area contributed by atoms with Crippen molar-refractivity contribution in [2.24, 2.45) is 10.7 Å². The van der Waals surface area contributed by atoms with Gasteiger partial charge >= 0.3 is 5.97 Å².